The maximum atomic E-state index is 5.30. The normalized spacial score (nSPS) is 13.1. The highest BCUT2D eigenvalue weighted by Gasteiger charge is 2.23. The van der Waals surface area contributed by atoms with Crippen LogP contribution >= 0.6 is 0 Å². The molecule has 4 nitrogen and oxygen atoms in total. The summed E-state index contributed by atoms with van der Waals surface area (Å²) in [5.41, 5.74) is 6.97. The zero-order valence-electron chi connectivity index (χ0n) is 14.6. The van der Waals surface area contributed by atoms with Crippen molar-refractivity contribution in [3.8, 4) is 28.1 Å². The van der Waals surface area contributed by atoms with Gasteiger partial charge >= 0.3 is 0 Å². The molecular weight excluding hydrogens is 322 g/mol. The molecule has 0 saturated carbocycles. The number of hydrogen-bond donors (Lipinski definition) is 0. The monoisotopic (exact) mass is 341 g/mol. The highest BCUT2D eigenvalue weighted by atomic mass is 16.5. The molecule has 0 amide bonds. The number of ether oxygens (including phenoxy) is 1. The smallest absolute Gasteiger partial charge is 0.118 e. The molecule has 2 aromatic carbocycles. The number of aromatic nitrogens is 3. The quantitative estimate of drug-likeness (QED) is 0.541. The molecule has 3 heterocycles. The largest absolute Gasteiger partial charge is 0.497 e. The van der Waals surface area contributed by atoms with Gasteiger partial charge in [-0.15, -0.1) is 0 Å². The third kappa shape index (κ3) is 2.37. The maximum absolute atomic E-state index is 5.30. The molecule has 0 atom stereocenters. The summed E-state index contributed by atoms with van der Waals surface area (Å²) < 4.78 is 7.47. The molecule has 26 heavy (non-hydrogen) atoms. The van der Waals surface area contributed by atoms with Gasteiger partial charge in [0.15, 0.2) is 0 Å². The van der Waals surface area contributed by atoms with Crippen molar-refractivity contribution in [3.63, 3.8) is 0 Å². The molecule has 128 valence electrons. The van der Waals surface area contributed by atoms with E-state index in [-0.39, 0.29) is 0 Å². The van der Waals surface area contributed by atoms with Crippen molar-refractivity contribution in [1.82, 2.24) is 14.8 Å². The number of nitrogens with zero attached hydrogens (tertiary/aromatic N) is 3. The Balaban J connectivity index is 1.71. The van der Waals surface area contributed by atoms with E-state index in [9.17, 15) is 0 Å². The van der Waals surface area contributed by atoms with Gasteiger partial charge in [-0.3, -0.25) is 9.67 Å². The van der Waals surface area contributed by atoms with Crippen LogP contribution in [0.2, 0.25) is 0 Å². The molecule has 0 saturated heterocycles. The van der Waals surface area contributed by atoms with Gasteiger partial charge in [-0.2, -0.15) is 5.10 Å². The van der Waals surface area contributed by atoms with Crippen LogP contribution in [-0.2, 0) is 13.0 Å². The minimum absolute atomic E-state index is 0.860. The predicted octanol–water partition coefficient (Wildman–Crippen LogP) is 4.72. The van der Waals surface area contributed by atoms with Crippen LogP contribution in [-0.4, -0.2) is 21.9 Å². The first kappa shape index (κ1) is 15.1. The van der Waals surface area contributed by atoms with E-state index < -0.39 is 0 Å². The van der Waals surface area contributed by atoms with Gasteiger partial charge in [0.2, 0.25) is 0 Å². The second-order valence-electron chi connectivity index (χ2n) is 6.64. The van der Waals surface area contributed by atoms with E-state index in [0.29, 0.717) is 0 Å². The van der Waals surface area contributed by atoms with Gasteiger partial charge in [0.25, 0.3) is 0 Å². The summed E-state index contributed by atoms with van der Waals surface area (Å²) in [7, 11) is 1.69. The topological polar surface area (TPSA) is 39.9 Å². The standard InChI is InChI=1S/C22H19N3O/c1-26-18-9-6-15(7-10-18)22-21(20-5-3-13-25(20)24-22)17-8-11-19-16(14-17)4-2-12-23-19/h2,4,6-12,14H,3,5,13H2,1H3. The lowest BCUT2D eigenvalue weighted by Gasteiger charge is -2.08. The molecule has 1 aliphatic rings. The molecule has 4 aromatic rings. The lowest BCUT2D eigenvalue weighted by molar-refractivity contribution is 0.415. The number of aryl methyl sites for hydroxylation is 1. The molecule has 0 N–H and O–H groups in total. The van der Waals surface area contributed by atoms with Crippen LogP contribution < -0.4 is 4.74 Å². The molecule has 0 fully saturated rings. The average molecular weight is 341 g/mol. The molecule has 0 radical (unpaired) electrons. The summed E-state index contributed by atoms with van der Waals surface area (Å²) in [4.78, 5) is 4.44. The zero-order chi connectivity index (χ0) is 17.5. The van der Waals surface area contributed by atoms with Crippen molar-refractivity contribution in [2.45, 2.75) is 19.4 Å². The van der Waals surface area contributed by atoms with Gasteiger partial charge in [-0.1, -0.05) is 12.1 Å². The maximum Gasteiger partial charge on any atom is 0.118 e. The first-order valence-corrected chi connectivity index (χ1v) is 8.93. The molecule has 0 bridgehead atoms. The Morgan fingerprint density at radius 3 is 2.69 bits per heavy atom. The molecule has 4 heteroatoms. The summed E-state index contributed by atoms with van der Waals surface area (Å²) in [6.45, 7) is 0.994. The Bertz CT molecular complexity index is 1100. The third-order valence-electron chi connectivity index (χ3n) is 5.10. The second-order valence-corrected chi connectivity index (χ2v) is 6.64. The van der Waals surface area contributed by atoms with Crippen molar-refractivity contribution in [2.75, 3.05) is 7.11 Å². The van der Waals surface area contributed by atoms with Gasteiger partial charge < -0.3 is 4.74 Å². The molecule has 0 unspecified atom stereocenters. The fraction of sp³-hybridized carbons (Fsp3) is 0.182. The van der Waals surface area contributed by atoms with E-state index in [0.717, 1.165) is 47.3 Å². The van der Waals surface area contributed by atoms with Gasteiger partial charge in [0.05, 0.1) is 12.6 Å². The van der Waals surface area contributed by atoms with E-state index in [1.165, 1.54) is 16.8 Å². The van der Waals surface area contributed by atoms with Crippen molar-refractivity contribution in [3.05, 3.63) is 66.5 Å². The van der Waals surface area contributed by atoms with E-state index in [1.54, 1.807) is 7.11 Å². The first-order chi connectivity index (χ1) is 12.8. The molecule has 5 rings (SSSR count). The van der Waals surface area contributed by atoms with E-state index in [2.05, 4.69) is 46.1 Å². The van der Waals surface area contributed by atoms with Crippen LogP contribution in [0.1, 0.15) is 12.1 Å². The molecular formula is C22H19N3O. The number of fused-ring (bicyclic) bond motifs is 2. The van der Waals surface area contributed by atoms with Gasteiger partial charge in [-0.05, 0) is 60.9 Å². The minimum Gasteiger partial charge on any atom is -0.497 e. The first-order valence-electron chi connectivity index (χ1n) is 8.93. The van der Waals surface area contributed by atoms with Crippen LogP contribution in [0.5, 0.6) is 5.75 Å². The van der Waals surface area contributed by atoms with Crippen LogP contribution in [0.4, 0.5) is 0 Å². The molecule has 0 spiro atoms. The van der Waals surface area contributed by atoms with Crippen molar-refractivity contribution in [1.29, 1.82) is 0 Å². The average Bonchev–Trinajstić information content (AvgIpc) is 3.29. The molecule has 1 aliphatic heterocycles. The van der Waals surface area contributed by atoms with Gasteiger partial charge in [0, 0.05) is 34.9 Å². The highest BCUT2D eigenvalue weighted by molar-refractivity contribution is 5.89. The fourth-order valence-electron chi connectivity index (χ4n) is 3.82. The second kappa shape index (κ2) is 5.99. The fourth-order valence-corrected chi connectivity index (χ4v) is 3.82. The summed E-state index contributed by atoms with van der Waals surface area (Å²) in [6.07, 6.45) is 4.07. The van der Waals surface area contributed by atoms with Crippen molar-refractivity contribution in [2.24, 2.45) is 0 Å². The van der Waals surface area contributed by atoms with Gasteiger partial charge in [-0.25, -0.2) is 0 Å². The third-order valence-corrected chi connectivity index (χ3v) is 5.10. The van der Waals surface area contributed by atoms with Gasteiger partial charge in [0.1, 0.15) is 11.4 Å². The Morgan fingerprint density at radius 2 is 1.85 bits per heavy atom. The van der Waals surface area contributed by atoms with E-state index in [4.69, 9.17) is 9.84 Å². The number of methoxy groups -OCH3 is 1. The van der Waals surface area contributed by atoms with Crippen LogP contribution in [0, 0.1) is 0 Å². The van der Waals surface area contributed by atoms with Crippen LogP contribution in [0.15, 0.2) is 60.8 Å². The van der Waals surface area contributed by atoms with E-state index >= 15 is 0 Å². The Morgan fingerprint density at radius 1 is 1.00 bits per heavy atom. The van der Waals surface area contributed by atoms with Crippen molar-refractivity contribution >= 4 is 10.9 Å². The van der Waals surface area contributed by atoms with Crippen LogP contribution in [0.25, 0.3) is 33.3 Å². The predicted molar refractivity (Wildman–Crippen MR) is 103 cm³/mol. The Labute approximate surface area is 152 Å². The molecule has 0 aliphatic carbocycles. The number of pyridine rings is 1. The SMILES string of the molecule is COc1ccc(-c2nn3c(c2-c2ccc4ncccc4c2)CCC3)cc1. The summed E-state index contributed by atoms with van der Waals surface area (Å²) >= 11 is 0. The molecule has 2 aromatic heterocycles. The summed E-state index contributed by atoms with van der Waals surface area (Å²) in [5.74, 6) is 0.860. The highest BCUT2D eigenvalue weighted by Crippen LogP contribution is 2.38. The van der Waals surface area contributed by atoms with Crippen molar-refractivity contribution < 1.29 is 4.74 Å². The summed E-state index contributed by atoms with van der Waals surface area (Å²) in [5, 5.41) is 6.09. The number of hydrogen-bond acceptors (Lipinski definition) is 3. The minimum atomic E-state index is 0.860. The Hall–Kier alpha value is -3.14. The zero-order valence-corrected chi connectivity index (χ0v) is 14.6. The number of rotatable bonds is 3. The number of benzene rings is 2. The lowest BCUT2D eigenvalue weighted by atomic mass is 9.96. The van der Waals surface area contributed by atoms with Crippen LogP contribution in [0.3, 0.4) is 0 Å². The summed E-state index contributed by atoms with van der Waals surface area (Å²) in [6, 6.07) is 18.8. The van der Waals surface area contributed by atoms with E-state index in [1.807, 2.05) is 24.4 Å². The Kier molecular flexibility index (Phi) is 3.49. The lowest BCUT2D eigenvalue weighted by Crippen LogP contribution is -1.94.